The summed E-state index contributed by atoms with van der Waals surface area (Å²) in [6.07, 6.45) is 0.0399. The van der Waals surface area contributed by atoms with Gasteiger partial charge in [-0.1, -0.05) is 18.2 Å². The molecule has 1 saturated heterocycles. The Morgan fingerprint density at radius 3 is 2.86 bits per heavy atom. The average molecular weight is 307 g/mol. The van der Waals surface area contributed by atoms with Gasteiger partial charge in [-0.3, -0.25) is 4.79 Å². The summed E-state index contributed by atoms with van der Waals surface area (Å²) in [5, 5.41) is 11.8. The number of carboxylic acids is 1. The second kappa shape index (κ2) is 5.11. The monoisotopic (exact) mass is 307 g/mol. The summed E-state index contributed by atoms with van der Waals surface area (Å²) in [4.78, 5) is 24.4. The van der Waals surface area contributed by atoms with E-state index in [0.717, 1.165) is 15.6 Å². The predicted molar refractivity (Wildman–Crippen MR) is 78.2 cm³/mol. The van der Waals surface area contributed by atoms with Crippen LogP contribution in [-0.2, 0) is 16.0 Å². The number of amides is 1. The zero-order valence-corrected chi connectivity index (χ0v) is 12.0. The Hall–Kier alpha value is -1.95. The van der Waals surface area contributed by atoms with Gasteiger partial charge in [-0.2, -0.15) is 0 Å². The van der Waals surface area contributed by atoms with Crippen LogP contribution in [0.4, 0.5) is 4.39 Å². The van der Waals surface area contributed by atoms with E-state index in [2.05, 4.69) is 0 Å². The van der Waals surface area contributed by atoms with Crippen molar-refractivity contribution in [1.29, 1.82) is 0 Å². The molecule has 0 aliphatic carbocycles. The van der Waals surface area contributed by atoms with Gasteiger partial charge in [-0.05, 0) is 22.4 Å². The Morgan fingerprint density at radius 1 is 1.38 bits per heavy atom. The Kier molecular flexibility index (Phi) is 3.41. The van der Waals surface area contributed by atoms with E-state index >= 15 is 0 Å². The van der Waals surface area contributed by atoms with Gasteiger partial charge in [0.2, 0.25) is 11.6 Å². The van der Waals surface area contributed by atoms with Crippen molar-refractivity contribution in [3.8, 4) is 0 Å². The lowest BCUT2D eigenvalue weighted by Gasteiger charge is -2.17. The van der Waals surface area contributed by atoms with Crippen LogP contribution in [0, 0.1) is 0 Å². The average Bonchev–Trinajstić information content (AvgIpc) is 3.05. The van der Waals surface area contributed by atoms with Crippen molar-refractivity contribution in [1.82, 2.24) is 4.90 Å². The molecule has 4 nitrogen and oxygen atoms in total. The van der Waals surface area contributed by atoms with Crippen molar-refractivity contribution in [2.45, 2.75) is 18.5 Å². The first-order valence-corrected chi connectivity index (χ1v) is 7.53. The number of likely N-dealkylation sites (tertiary alicyclic amines) is 1. The van der Waals surface area contributed by atoms with Gasteiger partial charge in [0.25, 0.3) is 0 Å². The molecule has 0 unspecified atom stereocenters. The van der Waals surface area contributed by atoms with Crippen LogP contribution in [-0.4, -0.2) is 40.6 Å². The second-order valence-electron chi connectivity index (χ2n) is 5.27. The molecule has 1 fully saturated rings. The molecule has 0 saturated carbocycles. The molecule has 21 heavy (non-hydrogen) atoms. The van der Waals surface area contributed by atoms with E-state index in [0.29, 0.717) is 0 Å². The van der Waals surface area contributed by atoms with Gasteiger partial charge in [0.1, 0.15) is 0 Å². The summed E-state index contributed by atoms with van der Waals surface area (Å²) in [6.45, 7) is -0.201. The number of benzene rings is 1. The number of thiophene rings is 1. The highest BCUT2D eigenvalue weighted by atomic mass is 32.1. The molecule has 1 amide bonds. The van der Waals surface area contributed by atoms with Crippen molar-refractivity contribution in [2.24, 2.45) is 0 Å². The van der Waals surface area contributed by atoms with Crippen molar-refractivity contribution >= 4 is 33.3 Å². The van der Waals surface area contributed by atoms with E-state index in [4.69, 9.17) is 5.11 Å². The highest BCUT2D eigenvalue weighted by molar-refractivity contribution is 7.17. The summed E-state index contributed by atoms with van der Waals surface area (Å²) in [5.74, 6) is -1.71. The number of aliphatic carboxylic acids is 1. The molecule has 6 heteroatoms. The van der Waals surface area contributed by atoms with Gasteiger partial charge in [-0.15, -0.1) is 11.3 Å². The SMILES string of the molecule is O=C(Cc1csc2ccccc12)N1CC[C@](F)(C(=O)O)C1. The van der Waals surface area contributed by atoms with Gasteiger partial charge in [0.05, 0.1) is 13.0 Å². The number of rotatable bonds is 3. The zero-order valence-electron chi connectivity index (χ0n) is 11.2. The van der Waals surface area contributed by atoms with Crippen LogP contribution in [0.15, 0.2) is 29.6 Å². The number of hydrogen-bond acceptors (Lipinski definition) is 3. The van der Waals surface area contributed by atoms with E-state index < -0.39 is 11.6 Å². The van der Waals surface area contributed by atoms with E-state index in [1.54, 1.807) is 11.3 Å². The molecule has 1 N–H and O–H groups in total. The lowest BCUT2D eigenvalue weighted by Crippen LogP contribution is -2.39. The fraction of sp³-hybridized carbons (Fsp3) is 0.333. The zero-order chi connectivity index (χ0) is 15.0. The van der Waals surface area contributed by atoms with E-state index in [-0.39, 0.29) is 31.8 Å². The summed E-state index contributed by atoms with van der Waals surface area (Å²) >= 11 is 1.56. The van der Waals surface area contributed by atoms with Crippen LogP contribution in [0.1, 0.15) is 12.0 Å². The number of hydrogen-bond donors (Lipinski definition) is 1. The van der Waals surface area contributed by atoms with E-state index in [1.807, 2.05) is 29.6 Å². The fourth-order valence-electron chi connectivity index (χ4n) is 2.60. The van der Waals surface area contributed by atoms with Crippen molar-refractivity contribution < 1.29 is 19.1 Å². The van der Waals surface area contributed by atoms with Crippen molar-refractivity contribution in [3.05, 3.63) is 35.2 Å². The minimum absolute atomic E-state index is 0.140. The third kappa shape index (κ3) is 2.51. The Balaban J connectivity index is 1.74. The van der Waals surface area contributed by atoms with E-state index in [1.165, 1.54) is 4.90 Å². The summed E-state index contributed by atoms with van der Waals surface area (Å²) < 4.78 is 15.1. The molecule has 2 heterocycles. The molecule has 1 aliphatic heterocycles. The Labute approximate surface area is 124 Å². The quantitative estimate of drug-likeness (QED) is 0.947. The van der Waals surface area contributed by atoms with Gasteiger partial charge < -0.3 is 10.0 Å². The summed E-state index contributed by atoms with van der Waals surface area (Å²) in [5.41, 5.74) is -1.39. The van der Waals surface area contributed by atoms with Gasteiger partial charge in [0.15, 0.2) is 0 Å². The fourth-order valence-corrected chi connectivity index (χ4v) is 3.57. The lowest BCUT2D eigenvalue weighted by atomic mass is 10.1. The van der Waals surface area contributed by atoms with Gasteiger partial charge in [-0.25, -0.2) is 9.18 Å². The minimum atomic E-state index is -2.30. The number of fused-ring (bicyclic) bond motifs is 1. The third-order valence-corrected chi connectivity index (χ3v) is 4.87. The lowest BCUT2D eigenvalue weighted by molar-refractivity contribution is -0.150. The first-order valence-electron chi connectivity index (χ1n) is 6.65. The molecule has 110 valence electrons. The maximum absolute atomic E-state index is 14.0. The minimum Gasteiger partial charge on any atom is -0.479 e. The van der Waals surface area contributed by atoms with Gasteiger partial charge in [0, 0.05) is 17.7 Å². The Morgan fingerprint density at radius 2 is 2.14 bits per heavy atom. The largest absolute Gasteiger partial charge is 0.479 e. The van der Waals surface area contributed by atoms with E-state index in [9.17, 15) is 14.0 Å². The van der Waals surface area contributed by atoms with Crippen molar-refractivity contribution in [3.63, 3.8) is 0 Å². The second-order valence-corrected chi connectivity index (χ2v) is 6.18. The summed E-state index contributed by atoms with van der Waals surface area (Å²) in [6, 6.07) is 7.79. The standard InChI is InChI=1S/C15H14FNO3S/c16-15(14(19)20)5-6-17(9-15)13(18)7-10-8-21-12-4-2-1-3-11(10)12/h1-4,8H,5-7,9H2,(H,19,20)/t15-/m1/s1. The van der Waals surface area contributed by atoms with Crippen LogP contribution in [0.5, 0.6) is 0 Å². The first kappa shape index (κ1) is 14.0. The Bertz CT molecular complexity index is 714. The molecular weight excluding hydrogens is 293 g/mol. The number of carbonyl (C=O) groups is 2. The highest BCUT2D eigenvalue weighted by Gasteiger charge is 2.46. The van der Waals surface area contributed by atoms with Gasteiger partial charge >= 0.3 is 5.97 Å². The molecule has 0 radical (unpaired) electrons. The molecule has 0 spiro atoms. The number of alkyl halides is 1. The van der Waals surface area contributed by atoms with Crippen LogP contribution in [0.2, 0.25) is 0 Å². The van der Waals surface area contributed by atoms with Crippen LogP contribution >= 0.6 is 11.3 Å². The van der Waals surface area contributed by atoms with Crippen LogP contribution in [0.25, 0.3) is 10.1 Å². The first-order chi connectivity index (χ1) is 9.99. The van der Waals surface area contributed by atoms with Crippen molar-refractivity contribution in [2.75, 3.05) is 13.1 Å². The molecule has 0 bridgehead atoms. The number of carbonyl (C=O) groups excluding carboxylic acids is 1. The highest BCUT2D eigenvalue weighted by Crippen LogP contribution is 2.29. The summed E-state index contributed by atoms with van der Waals surface area (Å²) in [7, 11) is 0. The molecular formula is C15H14FNO3S. The molecule has 1 aliphatic rings. The number of nitrogens with zero attached hydrogens (tertiary/aromatic N) is 1. The molecule has 1 aromatic carbocycles. The maximum atomic E-state index is 14.0. The third-order valence-electron chi connectivity index (χ3n) is 3.86. The topological polar surface area (TPSA) is 57.6 Å². The number of carboxylic acid groups (broad SMARTS) is 1. The molecule has 1 aromatic heterocycles. The smallest absolute Gasteiger partial charge is 0.343 e. The normalized spacial score (nSPS) is 21.9. The maximum Gasteiger partial charge on any atom is 0.343 e. The molecule has 3 rings (SSSR count). The predicted octanol–water partition coefficient (Wildman–Crippen LogP) is 2.47. The molecule has 2 aromatic rings. The van der Waals surface area contributed by atoms with Crippen LogP contribution in [0.3, 0.4) is 0 Å². The van der Waals surface area contributed by atoms with Crippen LogP contribution < -0.4 is 0 Å². The number of halogens is 1. The molecule has 1 atom stereocenters.